The van der Waals surface area contributed by atoms with Gasteiger partial charge in [-0.05, 0) is 12.1 Å². The van der Waals surface area contributed by atoms with Crippen molar-refractivity contribution in [2.75, 3.05) is 0 Å². The summed E-state index contributed by atoms with van der Waals surface area (Å²) < 4.78 is 35.1. The van der Waals surface area contributed by atoms with Crippen LogP contribution >= 0.6 is 0 Å². The Bertz CT molecular complexity index is 243. The van der Waals surface area contributed by atoms with Crippen LogP contribution in [0.2, 0.25) is 0 Å². The topological polar surface area (TPSA) is 48.8 Å². The van der Waals surface area contributed by atoms with Gasteiger partial charge in [-0.2, -0.15) is 18.3 Å². The first-order valence-electron chi connectivity index (χ1n) is 2.58. The minimum atomic E-state index is -4.53. The van der Waals surface area contributed by atoms with Crippen molar-refractivity contribution in [2.45, 2.75) is 6.18 Å². The SMILES string of the molecule is [O-]c1ccc(C(F)(F)F)nn1. The van der Waals surface area contributed by atoms with Gasteiger partial charge in [-0.15, -0.1) is 5.10 Å². The zero-order valence-corrected chi connectivity index (χ0v) is 5.09. The molecule has 1 rings (SSSR count). The highest BCUT2D eigenvalue weighted by atomic mass is 19.4. The van der Waals surface area contributed by atoms with Crippen LogP contribution in [0, 0.1) is 0 Å². The van der Waals surface area contributed by atoms with E-state index in [1.54, 1.807) is 0 Å². The number of rotatable bonds is 0. The molecule has 0 spiro atoms. The van der Waals surface area contributed by atoms with E-state index in [9.17, 15) is 18.3 Å². The van der Waals surface area contributed by atoms with Crippen molar-refractivity contribution in [3.05, 3.63) is 17.8 Å². The first kappa shape index (κ1) is 7.77. The van der Waals surface area contributed by atoms with E-state index in [1.165, 1.54) is 0 Å². The van der Waals surface area contributed by atoms with Crippen LogP contribution in [0.25, 0.3) is 0 Å². The molecule has 0 aliphatic heterocycles. The molecule has 0 saturated heterocycles. The van der Waals surface area contributed by atoms with Crippen LogP contribution in [0.5, 0.6) is 5.88 Å². The van der Waals surface area contributed by atoms with Crippen LogP contribution in [0.1, 0.15) is 5.69 Å². The predicted octanol–water partition coefficient (Wildman–Crippen LogP) is 0.569. The lowest BCUT2D eigenvalue weighted by Crippen LogP contribution is -2.09. The summed E-state index contributed by atoms with van der Waals surface area (Å²) >= 11 is 0. The normalized spacial score (nSPS) is 11.5. The monoisotopic (exact) mass is 163 g/mol. The van der Waals surface area contributed by atoms with Crippen molar-refractivity contribution in [3.8, 4) is 5.88 Å². The van der Waals surface area contributed by atoms with E-state index < -0.39 is 17.8 Å². The molecule has 0 aromatic carbocycles. The summed E-state index contributed by atoms with van der Waals surface area (Å²) in [5.41, 5.74) is -1.16. The second-order valence-electron chi connectivity index (χ2n) is 1.75. The molecule has 60 valence electrons. The van der Waals surface area contributed by atoms with E-state index in [0.717, 1.165) is 6.07 Å². The summed E-state index contributed by atoms with van der Waals surface area (Å²) in [6.07, 6.45) is -4.53. The number of alkyl halides is 3. The van der Waals surface area contributed by atoms with Gasteiger partial charge < -0.3 is 5.11 Å². The van der Waals surface area contributed by atoms with Gasteiger partial charge in [-0.25, -0.2) is 0 Å². The van der Waals surface area contributed by atoms with Gasteiger partial charge in [-0.1, -0.05) is 0 Å². The number of halogens is 3. The van der Waals surface area contributed by atoms with Gasteiger partial charge in [0.25, 0.3) is 0 Å². The molecule has 0 bridgehead atoms. The van der Waals surface area contributed by atoms with Crippen molar-refractivity contribution in [1.29, 1.82) is 0 Å². The molecule has 11 heavy (non-hydrogen) atoms. The molecule has 0 amide bonds. The largest absolute Gasteiger partial charge is 0.857 e. The third-order valence-corrected chi connectivity index (χ3v) is 0.931. The highest BCUT2D eigenvalue weighted by Gasteiger charge is 2.32. The van der Waals surface area contributed by atoms with Gasteiger partial charge >= 0.3 is 6.18 Å². The van der Waals surface area contributed by atoms with E-state index in [2.05, 4.69) is 10.2 Å². The van der Waals surface area contributed by atoms with Crippen molar-refractivity contribution in [2.24, 2.45) is 0 Å². The van der Waals surface area contributed by atoms with Gasteiger partial charge in [0.05, 0.1) is 0 Å². The van der Waals surface area contributed by atoms with Crippen LogP contribution < -0.4 is 5.11 Å². The Kier molecular flexibility index (Phi) is 1.67. The van der Waals surface area contributed by atoms with E-state index in [0.29, 0.717) is 6.07 Å². The Morgan fingerprint density at radius 3 is 2.18 bits per heavy atom. The molecule has 0 saturated carbocycles. The van der Waals surface area contributed by atoms with Crippen molar-refractivity contribution < 1.29 is 18.3 Å². The first-order chi connectivity index (χ1) is 5.00. The van der Waals surface area contributed by atoms with Crippen molar-refractivity contribution >= 4 is 0 Å². The Morgan fingerprint density at radius 2 is 1.82 bits per heavy atom. The molecule has 0 radical (unpaired) electrons. The van der Waals surface area contributed by atoms with Crippen LogP contribution in [0.3, 0.4) is 0 Å². The number of hydrogen-bond acceptors (Lipinski definition) is 3. The van der Waals surface area contributed by atoms with Crippen molar-refractivity contribution in [3.63, 3.8) is 0 Å². The zero-order chi connectivity index (χ0) is 8.48. The number of hydrogen-bond donors (Lipinski definition) is 0. The summed E-state index contributed by atoms with van der Waals surface area (Å²) in [6, 6.07) is 1.31. The first-order valence-corrected chi connectivity index (χ1v) is 2.58. The molecule has 3 nitrogen and oxygen atoms in total. The lowest BCUT2D eigenvalue weighted by Gasteiger charge is -2.05. The maximum atomic E-state index is 11.7. The Labute approximate surface area is 59.5 Å². The summed E-state index contributed by atoms with van der Waals surface area (Å²) in [5.74, 6) is -0.780. The van der Waals surface area contributed by atoms with E-state index >= 15 is 0 Å². The summed E-state index contributed by atoms with van der Waals surface area (Å²) in [5, 5.41) is 15.6. The van der Waals surface area contributed by atoms with Gasteiger partial charge in [0, 0.05) is 5.88 Å². The van der Waals surface area contributed by atoms with E-state index in [1.807, 2.05) is 0 Å². The molecule has 0 N–H and O–H groups in total. The van der Waals surface area contributed by atoms with E-state index in [4.69, 9.17) is 0 Å². The molecule has 1 heterocycles. The molecule has 0 aliphatic rings. The molecule has 0 atom stereocenters. The van der Waals surface area contributed by atoms with Crippen LogP contribution in [0.15, 0.2) is 12.1 Å². The third-order valence-electron chi connectivity index (χ3n) is 0.931. The number of aromatic nitrogens is 2. The zero-order valence-electron chi connectivity index (χ0n) is 5.09. The Hall–Kier alpha value is -1.33. The fourth-order valence-electron chi connectivity index (χ4n) is 0.471. The molecule has 0 unspecified atom stereocenters. The van der Waals surface area contributed by atoms with Crippen molar-refractivity contribution in [1.82, 2.24) is 10.2 Å². The average molecular weight is 163 g/mol. The van der Waals surface area contributed by atoms with Crippen LogP contribution in [-0.2, 0) is 6.18 Å². The molecule has 1 aromatic heterocycles. The molecule has 1 aromatic rings. The highest BCUT2D eigenvalue weighted by Crippen LogP contribution is 2.26. The Balaban J connectivity index is 2.99. The van der Waals surface area contributed by atoms with Crippen LogP contribution in [0.4, 0.5) is 13.2 Å². The second kappa shape index (κ2) is 2.37. The third kappa shape index (κ3) is 1.79. The summed E-state index contributed by atoms with van der Waals surface area (Å²) in [6.45, 7) is 0. The van der Waals surface area contributed by atoms with Gasteiger partial charge in [0.1, 0.15) is 0 Å². The fourth-order valence-corrected chi connectivity index (χ4v) is 0.471. The number of nitrogens with zero attached hydrogens (tertiary/aromatic N) is 2. The smallest absolute Gasteiger partial charge is 0.435 e. The van der Waals surface area contributed by atoms with Gasteiger partial charge in [0.15, 0.2) is 5.69 Å². The summed E-state index contributed by atoms with van der Waals surface area (Å²) in [7, 11) is 0. The Morgan fingerprint density at radius 1 is 1.18 bits per heavy atom. The fraction of sp³-hybridized carbons (Fsp3) is 0.200. The molecule has 0 aliphatic carbocycles. The molecular weight excluding hydrogens is 161 g/mol. The summed E-state index contributed by atoms with van der Waals surface area (Å²) in [4.78, 5) is 0. The second-order valence-corrected chi connectivity index (χ2v) is 1.75. The van der Waals surface area contributed by atoms with Gasteiger partial charge in [0.2, 0.25) is 0 Å². The minimum absolute atomic E-state index is 0.593. The lowest BCUT2D eigenvalue weighted by molar-refractivity contribution is -0.276. The molecular formula is C5H2F3N2O-. The maximum Gasteiger partial charge on any atom is 0.435 e. The van der Waals surface area contributed by atoms with Gasteiger partial charge in [-0.3, -0.25) is 0 Å². The molecule has 6 heteroatoms. The van der Waals surface area contributed by atoms with Crippen LogP contribution in [-0.4, -0.2) is 10.2 Å². The highest BCUT2D eigenvalue weighted by molar-refractivity contribution is 5.10. The lowest BCUT2D eigenvalue weighted by atomic mass is 10.4. The standard InChI is InChI=1S/C5H3F3N2O/c6-5(7,8)3-1-2-4(11)10-9-3/h1-2H,(H,10,11)/p-1. The van der Waals surface area contributed by atoms with E-state index in [-0.39, 0.29) is 0 Å². The molecule has 0 fully saturated rings. The quantitative estimate of drug-likeness (QED) is 0.561. The predicted molar refractivity (Wildman–Crippen MR) is 26.5 cm³/mol. The maximum absolute atomic E-state index is 11.7. The minimum Gasteiger partial charge on any atom is -0.857 e. The average Bonchev–Trinajstić information content (AvgIpc) is 1.86.